The van der Waals surface area contributed by atoms with Crippen LogP contribution in [-0.2, 0) is 24.4 Å². The van der Waals surface area contributed by atoms with Gasteiger partial charge < -0.3 is 9.47 Å². The number of rotatable bonds is 10. The topological polar surface area (TPSA) is 55.8 Å². The molecule has 0 saturated heterocycles. The van der Waals surface area contributed by atoms with E-state index in [2.05, 4.69) is 13.8 Å². The van der Waals surface area contributed by atoms with Crippen LogP contribution in [0.1, 0.15) is 40.9 Å². The molecule has 0 bridgehead atoms. The van der Waals surface area contributed by atoms with Crippen LogP contribution in [0.15, 0.2) is 78.9 Å². The maximum atomic E-state index is 13.0. The molecule has 166 valence electrons. The van der Waals surface area contributed by atoms with Gasteiger partial charge in [0.05, 0.1) is 13.2 Å². The van der Waals surface area contributed by atoms with Crippen molar-refractivity contribution in [3.05, 3.63) is 101 Å². The van der Waals surface area contributed by atoms with Crippen LogP contribution < -0.4 is 4.74 Å². The highest BCUT2D eigenvalue weighted by Gasteiger charge is 2.18. The number of aldehydes is 1. The highest BCUT2D eigenvalue weighted by Crippen LogP contribution is 2.18. The molecule has 0 N–H and O–H groups in total. The summed E-state index contributed by atoms with van der Waals surface area (Å²) in [4.78, 5) is 26.0. The third kappa shape index (κ3) is 6.98. The van der Waals surface area contributed by atoms with E-state index in [9.17, 15) is 9.59 Å². The number of amides is 1. The van der Waals surface area contributed by atoms with Crippen LogP contribution in [0.2, 0.25) is 0 Å². The minimum Gasteiger partial charge on any atom is -0.493 e. The quantitative estimate of drug-likeness (QED) is 0.377. The number of hydrogen-bond acceptors (Lipinski definition) is 4. The van der Waals surface area contributed by atoms with Gasteiger partial charge >= 0.3 is 6.09 Å². The number of carbonyl (C=O) groups excluding carboxylic acids is 2. The Hall–Kier alpha value is -3.60. The number of ether oxygens (including phenoxy) is 2. The van der Waals surface area contributed by atoms with Crippen molar-refractivity contribution in [1.29, 1.82) is 0 Å². The summed E-state index contributed by atoms with van der Waals surface area (Å²) in [6.45, 7) is 5.67. The molecule has 0 heterocycles. The molecule has 1 amide bonds. The van der Waals surface area contributed by atoms with Crippen LogP contribution in [0.5, 0.6) is 5.75 Å². The molecule has 0 spiro atoms. The molecule has 0 aromatic heterocycles. The summed E-state index contributed by atoms with van der Waals surface area (Å²) in [6, 6.07) is 24.5. The van der Waals surface area contributed by atoms with Crippen LogP contribution >= 0.6 is 0 Å². The fourth-order valence-electron chi connectivity index (χ4n) is 3.17. The zero-order valence-electron chi connectivity index (χ0n) is 18.6. The van der Waals surface area contributed by atoms with Crippen molar-refractivity contribution in [2.45, 2.75) is 33.5 Å². The fourth-order valence-corrected chi connectivity index (χ4v) is 3.17. The molecule has 0 aliphatic heterocycles. The molecule has 0 aliphatic rings. The molecule has 0 fully saturated rings. The Bertz CT molecular complexity index is 1000. The van der Waals surface area contributed by atoms with Gasteiger partial charge in [-0.1, -0.05) is 80.6 Å². The zero-order valence-corrected chi connectivity index (χ0v) is 18.6. The van der Waals surface area contributed by atoms with E-state index < -0.39 is 6.09 Å². The van der Waals surface area contributed by atoms with E-state index in [-0.39, 0.29) is 13.2 Å². The zero-order chi connectivity index (χ0) is 22.8. The molecule has 3 aromatic rings. The molecule has 0 saturated carbocycles. The molecular weight excluding hydrogens is 402 g/mol. The van der Waals surface area contributed by atoms with Gasteiger partial charge in [0.1, 0.15) is 18.6 Å². The van der Waals surface area contributed by atoms with Gasteiger partial charge in [-0.3, -0.25) is 9.69 Å². The van der Waals surface area contributed by atoms with Gasteiger partial charge in [-0.25, -0.2) is 4.79 Å². The standard InChI is InChI=1S/C27H29NO4/c1-21(2)19-31-26-14-12-22(13-15-26)16-28(17-24-10-6-7-11-25(24)18-29)27(30)32-20-23-8-4-3-5-9-23/h3-15,18,21H,16-17,19-20H2,1-2H3. The molecule has 3 rings (SSSR count). The second-order valence-electron chi connectivity index (χ2n) is 8.06. The summed E-state index contributed by atoms with van der Waals surface area (Å²) in [5, 5.41) is 0. The van der Waals surface area contributed by atoms with Crippen LogP contribution in [0.4, 0.5) is 4.79 Å². The van der Waals surface area contributed by atoms with Crippen molar-refractivity contribution in [3.63, 3.8) is 0 Å². The molecular formula is C27H29NO4. The average Bonchev–Trinajstić information content (AvgIpc) is 2.82. The second-order valence-corrected chi connectivity index (χ2v) is 8.06. The van der Waals surface area contributed by atoms with Crippen molar-refractivity contribution in [3.8, 4) is 5.75 Å². The summed E-state index contributed by atoms with van der Waals surface area (Å²) >= 11 is 0. The van der Waals surface area contributed by atoms with Crippen LogP contribution in [0.3, 0.4) is 0 Å². The number of benzene rings is 3. The molecule has 0 atom stereocenters. The molecule has 32 heavy (non-hydrogen) atoms. The van der Waals surface area contributed by atoms with Gasteiger partial charge in [-0.2, -0.15) is 0 Å². The lowest BCUT2D eigenvalue weighted by molar-refractivity contribution is 0.0906. The van der Waals surface area contributed by atoms with E-state index in [0.717, 1.165) is 28.7 Å². The van der Waals surface area contributed by atoms with Crippen LogP contribution in [-0.4, -0.2) is 23.9 Å². The highest BCUT2D eigenvalue weighted by atomic mass is 16.6. The molecule has 0 aliphatic carbocycles. The maximum absolute atomic E-state index is 13.0. The summed E-state index contributed by atoms with van der Waals surface area (Å²) < 4.78 is 11.3. The minimum absolute atomic E-state index is 0.188. The van der Waals surface area contributed by atoms with Gasteiger partial charge in [-0.15, -0.1) is 0 Å². The lowest BCUT2D eigenvalue weighted by Gasteiger charge is -2.23. The summed E-state index contributed by atoms with van der Waals surface area (Å²) in [5.74, 6) is 1.24. The predicted molar refractivity (Wildman–Crippen MR) is 124 cm³/mol. The average molecular weight is 432 g/mol. The SMILES string of the molecule is CC(C)COc1ccc(CN(Cc2ccccc2C=O)C(=O)OCc2ccccc2)cc1. The normalized spacial score (nSPS) is 10.6. The third-order valence-electron chi connectivity index (χ3n) is 4.89. The Kier molecular flexibility index (Phi) is 8.44. The first-order chi connectivity index (χ1) is 15.5. The Balaban J connectivity index is 1.73. The largest absolute Gasteiger partial charge is 0.493 e. The molecule has 3 aromatic carbocycles. The van der Waals surface area contributed by atoms with Crippen molar-refractivity contribution in [1.82, 2.24) is 4.90 Å². The molecule has 5 nitrogen and oxygen atoms in total. The van der Waals surface area contributed by atoms with Gasteiger partial charge in [-0.05, 0) is 34.7 Å². The Labute approximate surface area is 189 Å². The van der Waals surface area contributed by atoms with Gasteiger partial charge in [0.2, 0.25) is 0 Å². The first kappa shape index (κ1) is 23.1. The van der Waals surface area contributed by atoms with Gasteiger partial charge in [0, 0.05) is 12.1 Å². The summed E-state index contributed by atoms with van der Waals surface area (Å²) in [5.41, 5.74) is 3.20. The summed E-state index contributed by atoms with van der Waals surface area (Å²) in [6.07, 6.45) is 0.374. The lowest BCUT2D eigenvalue weighted by Crippen LogP contribution is -2.31. The molecule has 0 unspecified atom stereocenters. The summed E-state index contributed by atoms with van der Waals surface area (Å²) in [7, 11) is 0. The van der Waals surface area contributed by atoms with Crippen molar-refractivity contribution >= 4 is 12.4 Å². The van der Waals surface area contributed by atoms with Crippen LogP contribution in [0.25, 0.3) is 0 Å². The lowest BCUT2D eigenvalue weighted by atomic mass is 10.1. The Morgan fingerprint density at radius 1 is 0.875 bits per heavy atom. The predicted octanol–water partition coefficient (Wildman–Crippen LogP) is 5.87. The van der Waals surface area contributed by atoms with Gasteiger partial charge in [0.15, 0.2) is 0 Å². The number of carbonyl (C=O) groups is 2. The first-order valence-electron chi connectivity index (χ1n) is 10.8. The number of hydrogen-bond donors (Lipinski definition) is 0. The first-order valence-corrected chi connectivity index (χ1v) is 10.8. The maximum Gasteiger partial charge on any atom is 0.410 e. The van der Waals surface area contributed by atoms with Crippen molar-refractivity contribution < 1.29 is 19.1 Å². The Morgan fingerprint density at radius 3 is 2.25 bits per heavy atom. The molecule has 5 heteroatoms. The van der Waals surface area contributed by atoms with E-state index in [0.29, 0.717) is 24.6 Å². The van der Waals surface area contributed by atoms with E-state index >= 15 is 0 Å². The number of nitrogens with zero attached hydrogens (tertiary/aromatic N) is 1. The smallest absolute Gasteiger partial charge is 0.410 e. The minimum atomic E-state index is -0.435. The van der Waals surface area contributed by atoms with Crippen LogP contribution in [0, 0.1) is 5.92 Å². The third-order valence-corrected chi connectivity index (χ3v) is 4.89. The monoisotopic (exact) mass is 431 g/mol. The van der Waals surface area contributed by atoms with Crippen molar-refractivity contribution in [2.75, 3.05) is 6.61 Å². The second kappa shape index (κ2) is 11.7. The molecule has 0 radical (unpaired) electrons. The van der Waals surface area contributed by atoms with E-state index in [1.54, 1.807) is 17.0 Å². The van der Waals surface area contributed by atoms with E-state index in [4.69, 9.17) is 9.47 Å². The van der Waals surface area contributed by atoms with Gasteiger partial charge in [0.25, 0.3) is 0 Å². The highest BCUT2D eigenvalue weighted by molar-refractivity contribution is 5.77. The van der Waals surface area contributed by atoms with E-state index in [1.165, 1.54) is 0 Å². The fraction of sp³-hybridized carbons (Fsp3) is 0.259. The van der Waals surface area contributed by atoms with Crippen molar-refractivity contribution in [2.24, 2.45) is 5.92 Å². The van der Waals surface area contributed by atoms with E-state index in [1.807, 2.05) is 66.7 Å². The Morgan fingerprint density at radius 2 is 1.56 bits per heavy atom.